The van der Waals surface area contributed by atoms with Crippen LogP contribution in [0, 0.1) is 5.82 Å². The number of halogens is 2. The summed E-state index contributed by atoms with van der Waals surface area (Å²) in [6.45, 7) is 6.49. The number of hydrogen-bond donors (Lipinski definition) is 2. The molecule has 4 heteroatoms. The molecule has 0 aliphatic carbocycles. The van der Waals surface area contributed by atoms with E-state index in [0.717, 1.165) is 11.1 Å². The SMILES string of the molecule is CC(C)(C)c1ccc(C(NN)c2ccc(F)cc2Cl)cc1. The first-order chi connectivity index (χ1) is 9.82. The zero-order chi connectivity index (χ0) is 15.6. The number of hydrazine groups is 1. The van der Waals surface area contributed by atoms with Crippen LogP contribution in [0.1, 0.15) is 43.5 Å². The van der Waals surface area contributed by atoms with Gasteiger partial charge in [0.05, 0.1) is 6.04 Å². The smallest absolute Gasteiger partial charge is 0.124 e. The molecular weight excluding hydrogens is 287 g/mol. The quantitative estimate of drug-likeness (QED) is 0.654. The van der Waals surface area contributed by atoms with E-state index in [2.05, 4.69) is 38.3 Å². The summed E-state index contributed by atoms with van der Waals surface area (Å²) in [7, 11) is 0. The molecule has 0 bridgehead atoms. The Balaban J connectivity index is 2.37. The van der Waals surface area contributed by atoms with Gasteiger partial charge < -0.3 is 0 Å². The van der Waals surface area contributed by atoms with E-state index in [1.807, 2.05) is 12.1 Å². The Kier molecular flexibility index (Phi) is 4.67. The average Bonchev–Trinajstić information content (AvgIpc) is 2.41. The second kappa shape index (κ2) is 6.14. The van der Waals surface area contributed by atoms with Crippen LogP contribution in [0.15, 0.2) is 42.5 Å². The first-order valence-electron chi connectivity index (χ1n) is 6.84. The zero-order valence-electron chi connectivity index (χ0n) is 12.5. The summed E-state index contributed by atoms with van der Waals surface area (Å²) in [5.74, 6) is 5.31. The van der Waals surface area contributed by atoms with E-state index in [1.165, 1.54) is 17.7 Å². The lowest BCUT2D eigenvalue weighted by Gasteiger charge is -2.22. The van der Waals surface area contributed by atoms with E-state index in [4.69, 9.17) is 17.4 Å². The molecule has 0 saturated carbocycles. The highest BCUT2D eigenvalue weighted by atomic mass is 35.5. The van der Waals surface area contributed by atoms with Gasteiger partial charge in [0.2, 0.25) is 0 Å². The molecule has 0 saturated heterocycles. The van der Waals surface area contributed by atoms with Gasteiger partial charge in [-0.3, -0.25) is 5.84 Å². The molecule has 2 aromatic carbocycles. The lowest BCUT2D eigenvalue weighted by Crippen LogP contribution is -2.29. The summed E-state index contributed by atoms with van der Waals surface area (Å²) < 4.78 is 13.2. The fourth-order valence-electron chi connectivity index (χ4n) is 2.28. The second-order valence-corrected chi connectivity index (χ2v) is 6.54. The van der Waals surface area contributed by atoms with Gasteiger partial charge in [0.25, 0.3) is 0 Å². The van der Waals surface area contributed by atoms with Gasteiger partial charge in [0.15, 0.2) is 0 Å². The van der Waals surface area contributed by atoms with Crippen LogP contribution in [0.25, 0.3) is 0 Å². The summed E-state index contributed by atoms with van der Waals surface area (Å²) in [5.41, 5.74) is 5.82. The molecule has 0 aromatic heterocycles. The maximum absolute atomic E-state index is 13.2. The lowest BCUT2D eigenvalue weighted by atomic mass is 9.86. The first kappa shape index (κ1) is 16.0. The average molecular weight is 307 g/mol. The van der Waals surface area contributed by atoms with Gasteiger partial charge in [-0.1, -0.05) is 62.7 Å². The molecule has 1 unspecified atom stereocenters. The van der Waals surface area contributed by atoms with E-state index in [1.54, 1.807) is 6.07 Å². The highest BCUT2D eigenvalue weighted by Gasteiger charge is 2.18. The van der Waals surface area contributed by atoms with Crippen LogP contribution < -0.4 is 11.3 Å². The van der Waals surface area contributed by atoms with Crippen molar-refractivity contribution in [2.24, 2.45) is 5.84 Å². The minimum Gasteiger partial charge on any atom is -0.271 e. The fourth-order valence-corrected chi connectivity index (χ4v) is 2.55. The molecule has 1 atom stereocenters. The Morgan fingerprint density at radius 2 is 1.71 bits per heavy atom. The van der Waals surface area contributed by atoms with Crippen LogP contribution in [0.5, 0.6) is 0 Å². The Hall–Kier alpha value is -1.42. The third-order valence-electron chi connectivity index (χ3n) is 3.55. The second-order valence-electron chi connectivity index (χ2n) is 6.14. The van der Waals surface area contributed by atoms with Crippen molar-refractivity contribution < 1.29 is 4.39 Å². The highest BCUT2D eigenvalue weighted by molar-refractivity contribution is 6.31. The van der Waals surface area contributed by atoms with E-state index in [-0.39, 0.29) is 17.3 Å². The Labute approximate surface area is 130 Å². The Bertz CT molecular complexity index is 618. The van der Waals surface area contributed by atoms with E-state index in [0.29, 0.717) is 5.02 Å². The van der Waals surface area contributed by atoms with Crippen molar-refractivity contribution >= 4 is 11.6 Å². The molecule has 0 fully saturated rings. The number of benzene rings is 2. The van der Waals surface area contributed by atoms with E-state index >= 15 is 0 Å². The number of rotatable bonds is 3. The molecule has 21 heavy (non-hydrogen) atoms. The third kappa shape index (κ3) is 3.62. The minimum atomic E-state index is -0.359. The molecule has 2 aromatic rings. The van der Waals surface area contributed by atoms with Crippen molar-refractivity contribution in [3.63, 3.8) is 0 Å². The molecule has 2 nitrogen and oxygen atoms in total. The van der Waals surface area contributed by atoms with Gasteiger partial charge in [-0.2, -0.15) is 0 Å². The molecule has 0 radical (unpaired) electrons. The number of hydrogen-bond acceptors (Lipinski definition) is 2. The van der Waals surface area contributed by atoms with Crippen LogP contribution in [0.2, 0.25) is 5.02 Å². The predicted molar refractivity (Wildman–Crippen MR) is 85.7 cm³/mol. The molecule has 0 spiro atoms. The fraction of sp³-hybridized carbons (Fsp3) is 0.294. The number of nitrogens with one attached hydrogen (secondary N) is 1. The van der Waals surface area contributed by atoms with Crippen LogP contribution in [0.3, 0.4) is 0 Å². The summed E-state index contributed by atoms with van der Waals surface area (Å²) in [5, 5.41) is 0.359. The highest BCUT2D eigenvalue weighted by Crippen LogP contribution is 2.30. The van der Waals surface area contributed by atoms with Gasteiger partial charge in [-0.25, -0.2) is 9.82 Å². The van der Waals surface area contributed by atoms with Crippen LogP contribution in [-0.4, -0.2) is 0 Å². The molecule has 0 aliphatic heterocycles. The molecule has 0 amide bonds. The van der Waals surface area contributed by atoms with Crippen LogP contribution in [-0.2, 0) is 5.41 Å². The monoisotopic (exact) mass is 306 g/mol. The predicted octanol–water partition coefficient (Wildman–Crippen LogP) is 4.33. The zero-order valence-corrected chi connectivity index (χ0v) is 13.2. The Morgan fingerprint density at radius 1 is 1.10 bits per heavy atom. The summed E-state index contributed by atoms with van der Waals surface area (Å²) in [6.07, 6.45) is 0. The summed E-state index contributed by atoms with van der Waals surface area (Å²) in [6, 6.07) is 12.3. The molecule has 0 heterocycles. The van der Waals surface area contributed by atoms with E-state index in [9.17, 15) is 4.39 Å². The molecular formula is C17H20ClFN2. The number of nitrogens with two attached hydrogens (primary N) is 1. The minimum absolute atomic E-state index is 0.0949. The largest absolute Gasteiger partial charge is 0.271 e. The molecule has 112 valence electrons. The van der Waals surface area contributed by atoms with Crippen molar-refractivity contribution in [2.75, 3.05) is 0 Å². The first-order valence-corrected chi connectivity index (χ1v) is 7.22. The molecule has 0 aliphatic rings. The van der Waals surface area contributed by atoms with Crippen LogP contribution >= 0.6 is 11.6 Å². The van der Waals surface area contributed by atoms with Crippen molar-refractivity contribution in [3.8, 4) is 0 Å². The molecule has 3 N–H and O–H groups in total. The van der Waals surface area contributed by atoms with Crippen molar-refractivity contribution in [1.82, 2.24) is 5.43 Å². The maximum atomic E-state index is 13.2. The van der Waals surface area contributed by atoms with Gasteiger partial charge in [-0.05, 0) is 34.2 Å². The molecule has 2 rings (SSSR count). The van der Waals surface area contributed by atoms with Crippen molar-refractivity contribution in [2.45, 2.75) is 32.2 Å². The van der Waals surface area contributed by atoms with Gasteiger partial charge in [0, 0.05) is 5.02 Å². The third-order valence-corrected chi connectivity index (χ3v) is 3.88. The normalized spacial score (nSPS) is 13.2. The summed E-state index contributed by atoms with van der Waals surface area (Å²) >= 11 is 6.12. The van der Waals surface area contributed by atoms with Gasteiger partial charge in [-0.15, -0.1) is 0 Å². The lowest BCUT2D eigenvalue weighted by molar-refractivity contribution is 0.587. The van der Waals surface area contributed by atoms with Crippen molar-refractivity contribution in [1.29, 1.82) is 0 Å². The van der Waals surface area contributed by atoms with Gasteiger partial charge >= 0.3 is 0 Å². The topological polar surface area (TPSA) is 38.0 Å². The van der Waals surface area contributed by atoms with E-state index < -0.39 is 0 Å². The Morgan fingerprint density at radius 3 is 2.19 bits per heavy atom. The standard InChI is InChI=1S/C17H20ClFN2/c1-17(2,3)12-6-4-11(5-7-12)16(21-20)14-9-8-13(19)10-15(14)18/h4-10,16,21H,20H2,1-3H3. The van der Waals surface area contributed by atoms with Crippen LogP contribution in [0.4, 0.5) is 4.39 Å². The van der Waals surface area contributed by atoms with Crippen molar-refractivity contribution in [3.05, 3.63) is 70.0 Å². The van der Waals surface area contributed by atoms with Gasteiger partial charge in [0.1, 0.15) is 5.82 Å². The maximum Gasteiger partial charge on any atom is 0.124 e. The summed E-state index contributed by atoms with van der Waals surface area (Å²) in [4.78, 5) is 0.